The highest BCUT2D eigenvalue weighted by Gasteiger charge is 2.31. The molecule has 1 heterocycles. The normalized spacial score (nSPS) is 11.6. The van der Waals surface area contributed by atoms with Gasteiger partial charge in [-0.05, 0) is 30.3 Å². The van der Waals surface area contributed by atoms with E-state index in [-0.39, 0.29) is 10.3 Å². The van der Waals surface area contributed by atoms with E-state index in [4.69, 9.17) is 35.4 Å². The van der Waals surface area contributed by atoms with E-state index in [1.54, 1.807) is 0 Å². The quantitative estimate of drug-likeness (QED) is 0.662. The number of nitrogens with one attached hydrogen (secondary N) is 1. The third-order valence-corrected chi connectivity index (χ3v) is 3.00. The molecule has 0 atom stereocenters. The van der Waals surface area contributed by atoms with E-state index in [2.05, 4.69) is 4.98 Å². The van der Waals surface area contributed by atoms with Gasteiger partial charge in [0.05, 0.1) is 5.56 Å². The van der Waals surface area contributed by atoms with Gasteiger partial charge in [-0.3, -0.25) is 0 Å². The number of benzene rings is 1. The van der Waals surface area contributed by atoms with Gasteiger partial charge in [-0.15, -0.1) is 0 Å². The van der Waals surface area contributed by atoms with Crippen LogP contribution in [0.4, 0.5) is 13.2 Å². The van der Waals surface area contributed by atoms with Crippen LogP contribution < -0.4 is 0 Å². The fourth-order valence-electron chi connectivity index (χ4n) is 1.57. The van der Waals surface area contributed by atoms with Gasteiger partial charge in [-0.25, -0.2) is 0 Å². The lowest BCUT2D eigenvalue weighted by Gasteiger charge is -2.10. The molecule has 0 saturated carbocycles. The Labute approximate surface area is 122 Å². The molecule has 0 saturated heterocycles. The third-order valence-electron chi connectivity index (χ3n) is 2.35. The zero-order chi connectivity index (χ0) is 14.2. The van der Waals surface area contributed by atoms with Crippen LogP contribution in [-0.2, 0) is 6.18 Å². The number of pyridine rings is 1. The van der Waals surface area contributed by atoms with Crippen molar-refractivity contribution >= 4 is 35.4 Å². The van der Waals surface area contributed by atoms with Gasteiger partial charge < -0.3 is 4.98 Å². The Morgan fingerprint density at radius 3 is 2.05 bits per heavy atom. The van der Waals surface area contributed by atoms with Crippen molar-refractivity contribution in [2.75, 3.05) is 0 Å². The van der Waals surface area contributed by atoms with Crippen molar-refractivity contribution < 1.29 is 13.2 Å². The smallest absolute Gasteiger partial charge is 0.346 e. The topological polar surface area (TPSA) is 15.8 Å². The molecule has 0 aliphatic rings. The number of alkyl halides is 3. The molecule has 1 N–H and O–H groups in total. The average Bonchev–Trinajstić information content (AvgIpc) is 2.25. The predicted octanol–water partition coefficient (Wildman–Crippen LogP) is 5.74. The molecule has 2 aromatic rings. The summed E-state index contributed by atoms with van der Waals surface area (Å²) in [6.45, 7) is 0. The molecule has 7 heteroatoms. The fraction of sp³-hybridized carbons (Fsp3) is 0.0833. The Morgan fingerprint density at radius 1 is 0.947 bits per heavy atom. The highest BCUT2D eigenvalue weighted by Crippen LogP contribution is 2.33. The minimum absolute atomic E-state index is 0.0130. The standard InChI is InChI=1S/C12H6Cl2F3NS/c13-8-1-6(2-9(14)5-8)10-3-7(12(15,16)17)4-11(19)18-10/h1-5H,(H,18,19). The van der Waals surface area contributed by atoms with Crippen molar-refractivity contribution in [3.63, 3.8) is 0 Å². The molecule has 1 nitrogen and oxygen atoms in total. The number of aromatic nitrogens is 1. The lowest BCUT2D eigenvalue weighted by Crippen LogP contribution is -2.05. The van der Waals surface area contributed by atoms with Crippen LogP contribution in [0.15, 0.2) is 30.3 Å². The first-order chi connectivity index (χ1) is 8.75. The molecule has 0 unspecified atom stereocenters. The maximum Gasteiger partial charge on any atom is 0.416 e. The molecule has 0 amide bonds. The van der Waals surface area contributed by atoms with Crippen LogP contribution in [0.5, 0.6) is 0 Å². The molecule has 19 heavy (non-hydrogen) atoms. The van der Waals surface area contributed by atoms with Gasteiger partial charge in [0.15, 0.2) is 0 Å². The van der Waals surface area contributed by atoms with Crippen LogP contribution >= 0.6 is 35.4 Å². The van der Waals surface area contributed by atoms with Crippen molar-refractivity contribution in [1.82, 2.24) is 4.98 Å². The monoisotopic (exact) mass is 323 g/mol. The zero-order valence-electron chi connectivity index (χ0n) is 9.18. The summed E-state index contributed by atoms with van der Waals surface area (Å²) in [6, 6.07) is 6.35. The molecule has 2 rings (SSSR count). The van der Waals surface area contributed by atoms with Gasteiger partial charge in [0.1, 0.15) is 4.64 Å². The van der Waals surface area contributed by atoms with Crippen LogP contribution in [0.3, 0.4) is 0 Å². The summed E-state index contributed by atoms with van der Waals surface area (Å²) in [5.41, 5.74) is -0.165. The molecule has 0 aliphatic heterocycles. The maximum absolute atomic E-state index is 12.7. The first kappa shape index (κ1) is 14.4. The van der Waals surface area contributed by atoms with E-state index in [0.717, 1.165) is 12.1 Å². The van der Waals surface area contributed by atoms with Crippen molar-refractivity contribution in [2.24, 2.45) is 0 Å². The van der Waals surface area contributed by atoms with Gasteiger partial charge in [0.2, 0.25) is 0 Å². The van der Waals surface area contributed by atoms with Gasteiger partial charge in [0, 0.05) is 21.3 Å². The Bertz CT molecular complexity index is 659. The molecule has 1 aromatic heterocycles. The molecule has 0 radical (unpaired) electrons. The van der Waals surface area contributed by atoms with Crippen molar-refractivity contribution in [1.29, 1.82) is 0 Å². The largest absolute Gasteiger partial charge is 0.416 e. The molecular weight excluding hydrogens is 318 g/mol. The number of rotatable bonds is 1. The van der Waals surface area contributed by atoms with Crippen LogP contribution in [0, 0.1) is 4.64 Å². The minimum Gasteiger partial charge on any atom is -0.346 e. The summed E-state index contributed by atoms with van der Waals surface area (Å²) >= 11 is 16.4. The SMILES string of the molecule is FC(F)(F)c1cc(-c2cc(Cl)cc(Cl)c2)[nH]c(=S)c1. The fourth-order valence-corrected chi connectivity index (χ4v) is 2.33. The van der Waals surface area contributed by atoms with Gasteiger partial charge >= 0.3 is 6.18 Å². The second-order valence-electron chi connectivity index (χ2n) is 3.80. The minimum atomic E-state index is -4.46. The highest BCUT2D eigenvalue weighted by atomic mass is 35.5. The lowest BCUT2D eigenvalue weighted by molar-refractivity contribution is -0.137. The van der Waals surface area contributed by atoms with E-state index in [0.29, 0.717) is 15.6 Å². The van der Waals surface area contributed by atoms with Gasteiger partial charge in [0.25, 0.3) is 0 Å². The predicted molar refractivity (Wildman–Crippen MR) is 72.1 cm³/mol. The van der Waals surface area contributed by atoms with E-state index < -0.39 is 11.7 Å². The first-order valence-corrected chi connectivity index (χ1v) is 6.20. The molecule has 0 aliphatic carbocycles. The summed E-state index contributed by atoms with van der Waals surface area (Å²) in [6.07, 6.45) is -4.46. The molecule has 1 aromatic carbocycles. The Hall–Kier alpha value is -1.04. The Kier molecular flexibility index (Phi) is 3.90. The Balaban J connectivity index is 2.63. The van der Waals surface area contributed by atoms with Crippen LogP contribution in [0.1, 0.15) is 5.56 Å². The maximum atomic E-state index is 12.7. The van der Waals surface area contributed by atoms with E-state index >= 15 is 0 Å². The Morgan fingerprint density at radius 2 is 1.53 bits per heavy atom. The number of aromatic amines is 1. The van der Waals surface area contributed by atoms with E-state index in [9.17, 15) is 13.2 Å². The van der Waals surface area contributed by atoms with Crippen molar-refractivity contribution in [3.8, 4) is 11.3 Å². The second kappa shape index (κ2) is 5.15. The zero-order valence-corrected chi connectivity index (χ0v) is 11.5. The summed E-state index contributed by atoms with van der Waals surface area (Å²) in [5.74, 6) is 0. The number of hydrogen-bond donors (Lipinski definition) is 1. The number of hydrogen-bond acceptors (Lipinski definition) is 1. The number of H-pyrrole nitrogens is 1. The molecule has 0 spiro atoms. The molecule has 0 bridgehead atoms. The van der Waals surface area contributed by atoms with Gasteiger partial charge in [-0.2, -0.15) is 13.2 Å². The third kappa shape index (κ3) is 3.49. The molecule has 0 fully saturated rings. The van der Waals surface area contributed by atoms with Crippen LogP contribution in [0.2, 0.25) is 10.0 Å². The van der Waals surface area contributed by atoms with Crippen LogP contribution in [0.25, 0.3) is 11.3 Å². The summed E-state index contributed by atoms with van der Waals surface area (Å²) in [4.78, 5) is 2.69. The van der Waals surface area contributed by atoms with E-state index in [1.807, 2.05) is 0 Å². The average molecular weight is 324 g/mol. The van der Waals surface area contributed by atoms with Crippen LogP contribution in [-0.4, -0.2) is 4.98 Å². The summed E-state index contributed by atoms with van der Waals surface area (Å²) in [5, 5.41) is 0.665. The lowest BCUT2D eigenvalue weighted by atomic mass is 10.1. The summed E-state index contributed by atoms with van der Waals surface area (Å²) in [7, 11) is 0. The second-order valence-corrected chi connectivity index (χ2v) is 5.12. The highest BCUT2D eigenvalue weighted by molar-refractivity contribution is 7.71. The number of halogens is 5. The molecule has 100 valence electrons. The van der Waals surface area contributed by atoms with Gasteiger partial charge in [-0.1, -0.05) is 35.4 Å². The van der Waals surface area contributed by atoms with Crippen molar-refractivity contribution in [2.45, 2.75) is 6.18 Å². The molecular formula is C12H6Cl2F3NS. The van der Waals surface area contributed by atoms with E-state index in [1.165, 1.54) is 18.2 Å². The van der Waals surface area contributed by atoms with Crippen molar-refractivity contribution in [3.05, 3.63) is 50.6 Å². The summed E-state index contributed by atoms with van der Waals surface area (Å²) < 4.78 is 38.1. The first-order valence-electron chi connectivity index (χ1n) is 5.04.